The molecule has 1 heterocycles. The molecule has 0 aliphatic carbocycles. The van der Waals surface area contributed by atoms with E-state index in [1.807, 2.05) is 42.5 Å². The van der Waals surface area contributed by atoms with Gasteiger partial charge in [-0.15, -0.1) is 0 Å². The number of hydrogen-bond donors (Lipinski definition) is 1. The molecule has 1 atom stereocenters. The number of para-hydroxylation sites is 1. The first kappa shape index (κ1) is 15.2. The molecule has 3 rings (SSSR count). The molecule has 1 fully saturated rings. The number of amides is 2. The highest BCUT2D eigenvalue weighted by atomic mass is 16.5. The molecule has 2 aromatic carbocycles. The van der Waals surface area contributed by atoms with Gasteiger partial charge in [-0.2, -0.15) is 0 Å². The van der Waals surface area contributed by atoms with Gasteiger partial charge in [0.2, 0.25) is 5.91 Å². The molecule has 5 nitrogen and oxygen atoms in total. The Kier molecular flexibility index (Phi) is 4.39. The van der Waals surface area contributed by atoms with Crippen molar-refractivity contribution in [2.45, 2.75) is 19.0 Å². The standard InChI is InChI=1S/C18H18N2O3/c1-23-15-9-7-13(8-10-15)12-19-16-11-17(21)20(18(16)22)14-5-3-2-4-6-14/h2-10,16,19H,11-12H2,1H3/t16-/m0/s1. The van der Waals surface area contributed by atoms with Gasteiger partial charge in [-0.25, -0.2) is 4.90 Å². The van der Waals surface area contributed by atoms with E-state index in [1.165, 1.54) is 4.90 Å². The van der Waals surface area contributed by atoms with E-state index >= 15 is 0 Å². The molecule has 1 aliphatic rings. The number of nitrogens with zero attached hydrogens (tertiary/aromatic N) is 1. The fourth-order valence-corrected chi connectivity index (χ4v) is 2.62. The fourth-order valence-electron chi connectivity index (χ4n) is 2.62. The Balaban J connectivity index is 1.65. The number of anilines is 1. The van der Waals surface area contributed by atoms with Crippen LogP contribution in [0.3, 0.4) is 0 Å². The van der Waals surface area contributed by atoms with Gasteiger partial charge in [-0.05, 0) is 29.8 Å². The van der Waals surface area contributed by atoms with E-state index in [4.69, 9.17) is 4.74 Å². The minimum absolute atomic E-state index is 0.173. The van der Waals surface area contributed by atoms with E-state index in [0.717, 1.165) is 11.3 Å². The van der Waals surface area contributed by atoms with Crippen LogP contribution < -0.4 is 15.0 Å². The Morgan fingerprint density at radius 1 is 1.09 bits per heavy atom. The van der Waals surface area contributed by atoms with Crippen molar-refractivity contribution in [3.05, 3.63) is 60.2 Å². The molecular weight excluding hydrogens is 292 g/mol. The van der Waals surface area contributed by atoms with Gasteiger partial charge < -0.3 is 10.1 Å². The number of methoxy groups -OCH3 is 1. The average Bonchev–Trinajstić information content (AvgIpc) is 2.88. The Hall–Kier alpha value is -2.66. The zero-order valence-corrected chi connectivity index (χ0v) is 12.9. The van der Waals surface area contributed by atoms with Crippen LogP contribution in [-0.2, 0) is 16.1 Å². The van der Waals surface area contributed by atoms with E-state index in [-0.39, 0.29) is 18.2 Å². The summed E-state index contributed by atoms with van der Waals surface area (Å²) in [5.74, 6) is 0.416. The zero-order chi connectivity index (χ0) is 16.2. The lowest BCUT2D eigenvalue weighted by Crippen LogP contribution is -2.38. The molecule has 0 spiro atoms. The van der Waals surface area contributed by atoms with Crippen molar-refractivity contribution in [1.29, 1.82) is 0 Å². The number of nitrogens with one attached hydrogen (secondary N) is 1. The van der Waals surface area contributed by atoms with Crippen LogP contribution in [0, 0.1) is 0 Å². The van der Waals surface area contributed by atoms with Gasteiger partial charge in [0.05, 0.1) is 25.3 Å². The monoisotopic (exact) mass is 310 g/mol. The Bertz CT molecular complexity index is 698. The molecule has 2 amide bonds. The third kappa shape index (κ3) is 3.24. The third-order valence-electron chi connectivity index (χ3n) is 3.87. The Morgan fingerprint density at radius 3 is 2.43 bits per heavy atom. The minimum atomic E-state index is -0.482. The van der Waals surface area contributed by atoms with Crippen molar-refractivity contribution in [1.82, 2.24) is 5.32 Å². The smallest absolute Gasteiger partial charge is 0.251 e. The quantitative estimate of drug-likeness (QED) is 0.860. The lowest BCUT2D eigenvalue weighted by Gasteiger charge is -2.15. The van der Waals surface area contributed by atoms with Crippen molar-refractivity contribution in [3.8, 4) is 5.75 Å². The van der Waals surface area contributed by atoms with E-state index in [0.29, 0.717) is 12.2 Å². The normalized spacial score (nSPS) is 17.6. The predicted octanol–water partition coefficient (Wildman–Crippen LogP) is 2.12. The highest BCUT2D eigenvalue weighted by molar-refractivity contribution is 6.22. The number of ether oxygens (including phenoxy) is 1. The summed E-state index contributed by atoms with van der Waals surface area (Å²) in [5.41, 5.74) is 1.65. The maximum atomic E-state index is 12.5. The van der Waals surface area contributed by atoms with E-state index < -0.39 is 6.04 Å². The summed E-state index contributed by atoms with van der Waals surface area (Å²) in [4.78, 5) is 25.9. The van der Waals surface area contributed by atoms with Gasteiger partial charge in [0.15, 0.2) is 0 Å². The maximum absolute atomic E-state index is 12.5. The second-order valence-electron chi connectivity index (χ2n) is 5.39. The first-order chi connectivity index (χ1) is 11.2. The van der Waals surface area contributed by atoms with E-state index in [2.05, 4.69) is 5.32 Å². The summed E-state index contributed by atoms with van der Waals surface area (Å²) >= 11 is 0. The van der Waals surface area contributed by atoms with Gasteiger partial charge in [-0.3, -0.25) is 9.59 Å². The SMILES string of the molecule is COc1ccc(CN[C@H]2CC(=O)N(c3ccccc3)C2=O)cc1. The van der Waals surface area contributed by atoms with Crippen molar-refractivity contribution in [3.63, 3.8) is 0 Å². The topological polar surface area (TPSA) is 58.6 Å². The molecule has 118 valence electrons. The molecule has 1 aliphatic heterocycles. The van der Waals surface area contributed by atoms with Crippen LogP contribution in [0.25, 0.3) is 0 Å². The molecule has 0 aromatic heterocycles. The maximum Gasteiger partial charge on any atom is 0.251 e. The third-order valence-corrected chi connectivity index (χ3v) is 3.87. The number of rotatable bonds is 5. The fraction of sp³-hybridized carbons (Fsp3) is 0.222. The molecular formula is C18H18N2O3. The van der Waals surface area contributed by atoms with Crippen LogP contribution in [0.2, 0.25) is 0 Å². The lowest BCUT2D eigenvalue weighted by atomic mass is 10.2. The molecule has 1 N–H and O–H groups in total. The summed E-state index contributed by atoms with van der Waals surface area (Å²) in [6, 6.07) is 16.1. The number of imide groups is 1. The Labute approximate surface area is 134 Å². The zero-order valence-electron chi connectivity index (χ0n) is 12.9. The molecule has 0 bridgehead atoms. The molecule has 23 heavy (non-hydrogen) atoms. The Morgan fingerprint density at radius 2 is 1.78 bits per heavy atom. The molecule has 0 radical (unpaired) electrons. The van der Waals surface area contributed by atoms with E-state index in [9.17, 15) is 9.59 Å². The highest BCUT2D eigenvalue weighted by Crippen LogP contribution is 2.22. The van der Waals surface area contributed by atoms with Crippen LogP contribution >= 0.6 is 0 Å². The minimum Gasteiger partial charge on any atom is -0.497 e. The average molecular weight is 310 g/mol. The van der Waals surface area contributed by atoms with E-state index in [1.54, 1.807) is 19.2 Å². The van der Waals surface area contributed by atoms with Gasteiger partial charge >= 0.3 is 0 Å². The van der Waals surface area contributed by atoms with Crippen molar-refractivity contribution >= 4 is 17.5 Å². The van der Waals surface area contributed by atoms with Crippen LogP contribution in [0.15, 0.2) is 54.6 Å². The van der Waals surface area contributed by atoms with Gasteiger partial charge in [0, 0.05) is 6.54 Å². The van der Waals surface area contributed by atoms with Gasteiger partial charge in [-0.1, -0.05) is 30.3 Å². The first-order valence-corrected chi connectivity index (χ1v) is 7.47. The molecule has 1 saturated heterocycles. The second-order valence-corrected chi connectivity index (χ2v) is 5.39. The van der Waals surface area contributed by atoms with Crippen molar-refractivity contribution in [2.24, 2.45) is 0 Å². The van der Waals surface area contributed by atoms with Gasteiger partial charge in [0.1, 0.15) is 5.75 Å². The summed E-state index contributed by atoms with van der Waals surface area (Å²) < 4.78 is 5.12. The molecule has 0 unspecified atom stereocenters. The summed E-state index contributed by atoms with van der Waals surface area (Å²) in [6.07, 6.45) is 0.184. The van der Waals surface area contributed by atoms with Crippen LogP contribution in [0.5, 0.6) is 5.75 Å². The predicted molar refractivity (Wildman–Crippen MR) is 87.2 cm³/mol. The highest BCUT2D eigenvalue weighted by Gasteiger charge is 2.39. The first-order valence-electron chi connectivity index (χ1n) is 7.47. The lowest BCUT2D eigenvalue weighted by molar-refractivity contribution is -0.121. The van der Waals surface area contributed by atoms with Crippen molar-refractivity contribution in [2.75, 3.05) is 12.0 Å². The van der Waals surface area contributed by atoms with Crippen LogP contribution in [0.1, 0.15) is 12.0 Å². The number of benzene rings is 2. The molecule has 2 aromatic rings. The largest absolute Gasteiger partial charge is 0.497 e. The summed E-state index contributed by atoms with van der Waals surface area (Å²) in [7, 11) is 1.62. The number of hydrogen-bond acceptors (Lipinski definition) is 4. The second kappa shape index (κ2) is 6.62. The molecule has 5 heteroatoms. The summed E-state index contributed by atoms with van der Waals surface area (Å²) in [5, 5.41) is 3.16. The number of carbonyl (C=O) groups excluding carboxylic acids is 2. The number of carbonyl (C=O) groups is 2. The van der Waals surface area contributed by atoms with Crippen LogP contribution in [0.4, 0.5) is 5.69 Å². The van der Waals surface area contributed by atoms with Gasteiger partial charge in [0.25, 0.3) is 5.91 Å². The molecule has 0 saturated carbocycles. The van der Waals surface area contributed by atoms with Crippen molar-refractivity contribution < 1.29 is 14.3 Å². The van der Waals surface area contributed by atoms with Crippen LogP contribution in [-0.4, -0.2) is 25.0 Å². The summed E-state index contributed by atoms with van der Waals surface area (Å²) in [6.45, 7) is 0.524.